The van der Waals surface area contributed by atoms with E-state index in [0.29, 0.717) is 23.2 Å². The highest BCUT2D eigenvalue weighted by Crippen LogP contribution is 2.24. The number of nitriles is 1. The Kier molecular flexibility index (Phi) is 6.15. The second kappa shape index (κ2) is 8.63. The molecule has 1 amide bonds. The van der Waals surface area contributed by atoms with E-state index in [1.165, 1.54) is 30.5 Å². The van der Waals surface area contributed by atoms with E-state index in [1.807, 2.05) is 13.8 Å². The Bertz CT molecular complexity index is 1150. The van der Waals surface area contributed by atoms with Crippen LogP contribution in [0.1, 0.15) is 47.5 Å². The Morgan fingerprint density at radius 2 is 1.97 bits per heavy atom. The van der Waals surface area contributed by atoms with Gasteiger partial charge in [0.1, 0.15) is 17.4 Å². The van der Waals surface area contributed by atoms with Crippen molar-refractivity contribution in [3.05, 3.63) is 58.5 Å². The maximum Gasteiger partial charge on any atom is 0.573 e. The molecule has 0 aliphatic rings. The quantitative estimate of drug-likeness (QED) is 0.639. The molecule has 0 saturated heterocycles. The van der Waals surface area contributed by atoms with Crippen molar-refractivity contribution in [3.8, 4) is 11.8 Å². The maximum atomic E-state index is 12.4. The van der Waals surface area contributed by atoms with Crippen LogP contribution in [0.2, 0.25) is 0 Å². The summed E-state index contributed by atoms with van der Waals surface area (Å²) in [5.74, 6) is -0.526. The smallest absolute Gasteiger partial charge is 0.406 e. The van der Waals surface area contributed by atoms with Crippen LogP contribution in [-0.2, 0) is 11.2 Å². The van der Waals surface area contributed by atoms with Crippen molar-refractivity contribution in [2.24, 2.45) is 0 Å². The lowest BCUT2D eigenvalue weighted by molar-refractivity contribution is -0.274. The Hall–Kier alpha value is -3.61. The Labute approximate surface area is 176 Å². The van der Waals surface area contributed by atoms with E-state index in [-0.39, 0.29) is 24.1 Å². The van der Waals surface area contributed by atoms with Gasteiger partial charge in [-0.1, -0.05) is 12.1 Å². The number of aryl methyl sites for hydroxylation is 2. The molecular weight excluding hydrogens is 411 g/mol. The summed E-state index contributed by atoms with van der Waals surface area (Å²) in [5, 5.41) is 16.2. The first-order valence-corrected chi connectivity index (χ1v) is 9.48. The van der Waals surface area contributed by atoms with Gasteiger partial charge in [-0.2, -0.15) is 10.4 Å². The Morgan fingerprint density at radius 3 is 2.58 bits per heavy atom. The third-order valence-electron chi connectivity index (χ3n) is 4.92. The monoisotopic (exact) mass is 431 g/mol. The summed E-state index contributed by atoms with van der Waals surface area (Å²) >= 11 is 0. The number of carbonyl (C=O) groups excluding carboxylic acids is 1. The lowest BCUT2D eigenvalue weighted by Gasteiger charge is -2.16. The third kappa shape index (κ3) is 5.12. The highest BCUT2D eigenvalue weighted by atomic mass is 19.4. The van der Waals surface area contributed by atoms with Crippen molar-refractivity contribution in [1.29, 1.82) is 5.26 Å². The van der Waals surface area contributed by atoms with Gasteiger partial charge in [0, 0.05) is 17.8 Å². The number of amides is 1. The molecule has 3 aromatic rings. The van der Waals surface area contributed by atoms with Crippen LogP contribution in [0.25, 0.3) is 5.65 Å². The minimum atomic E-state index is -4.75. The van der Waals surface area contributed by atoms with Crippen molar-refractivity contribution in [2.45, 2.75) is 46.0 Å². The number of halogens is 3. The first-order chi connectivity index (χ1) is 14.6. The zero-order valence-corrected chi connectivity index (χ0v) is 17.1. The Morgan fingerprint density at radius 1 is 1.29 bits per heavy atom. The highest BCUT2D eigenvalue weighted by molar-refractivity contribution is 5.76. The number of alkyl halides is 3. The van der Waals surface area contributed by atoms with Crippen LogP contribution in [0.3, 0.4) is 0 Å². The molecule has 0 radical (unpaired) electrons. The van der Waals surface area contributed by atoms with Gasteiger partial charge in [0.15, 0.2) is 5.65 Å². The maximum absolute atomic E-state index is 12.4. The molecular formula is C21H20F3N5O2. The van der Waals surface area contributed by atoms with E-state index >= 15 is 0 Å². The first-order valence-electron chi connectivity index (χ1n) is 9.48. The largest absolute Gasteiger partial charge is 0.573 e. The fraction of sp³-hybridized carbons (Fsp3) is 0.333. The highest BCUT2D eigenvalue weighted by Gasteiger charge is 2.31. The van der Waals surface area contributed by atoms with Gasteiger partial charge in [0.25, 0.3) is 0 Å². The summed E-state index contributed by atoms with van der Waals surface area (Å²) in [4.78, 5) is 16.9. The molecule has 0 fully saturated rings. The predicted octanol–water partition coefficient (Wildman–Crippen LogP) is 3.93. The zero-order chi connectivity index (χ0) is 22.8. The molecule has 1 aromatic carbocycles. The van der Waals surface area contributed by atoms with Gasteiger partial charge >= 0.3 is 6.36 Å². The number of rotatable bonds is 6. The van der Waals surface area contributed by atoms with Gasteiger partial charge in [0.2, 0.25) is 5.91 Å². The number of hydrogen-bond donors (Lipinski definition) is 1. The number of fused-ring (bicyclic) bond motifs is 1. The van der Waals surface area contributed by atoms with Crippen molar-refractivity contribution in [2.75, 3.05) is 0 Å². The number of nitrogens with zero attached hydrogens (tertiary/aromatic N) is 4. The molecule has 1 N–H and O–H groups in total. The zero-order valence-electron chi connectivity index (χ0n) is 17.1. The van der Waals surface area contributed by atoms with Crippen LogP contribution >= 0.6 is 0 Å². The van der Waals surface area contributed by atoms with Gasteiger partial charge in [-0.3, -0.25) is 4.79 Å². The molecule has 0 bridgehead atoms. The van der Waals surface area contributed by atoms with Crippen LogP contribution in [0, 0.1) is 25.2 Å². The molecule has 31 heavy (non-hydrogen) atoms. The molecule has 0 aliphatic heterocycles. The van der Waals surface area contributed by atoms with Crippen LogP contribution < -0.4 is 10.1 Å². The SMILES string of the molecule is Cc1nc2c(C#N)cnn2c(C)c1CCC(=O)NC(C)c1ccc(OC(F)(F)F)cc1. The lowest BCUT2D eigenvalue weighted by Crippen LogP contribution is -2.27. The molecule has 10 heteroatoms. The van der Waals surface area contributed by atoms with Gasteiger partial charge in [0.05, 0.1) is 12.2 Å². The van der Waals surface area contributed by atoms with E-state index in [9.17, 15) is 18.0 Å². The van der Waals surface area contributed by atoms with Crippen molar-refractivity contribution < 1.29 is 22.7 Å². The van der Waals surface area contributed by atoms with Gasteiger partial charge < -0.3 is 10.1 Å². The van der Waals surface area contributed by atoms with Gasteiger partial charge in [-0.05, 0) is 50.5 Å². The molecule has 162 valence electrons. The molecule has 2 aromatic heterocycles. The third-order valence-corrected chi connectivity index (χ3v) is 4.92. The van der Waals surface area contributed by atoms with E-state index in [4.69, 9.17) is 5.26 Å². The van der Waals surface area contributed by atoms with Crippen molar-refractivity contribution in [3.63, 3.8) is 0 Å². The topological polar surface area (TPSA) is 92.3 Å². The average molecular weight is 431 g/mol. The first kappa shape index (κ1) is 22.1. The Balaban J connectivity index is 1.63. The molecule has 0 spiro atoms. The number of nitrogens with one attached hydrogen (secondary N) is 1. The van der Waals surface area contributed by atoms with Crippen molar-refractivity contribution >= 4 is 11.6 Å². The van der Waals surface area contributed by atoms with Crippen LogP contribution in [0.5, 0.6) is 5.75 Å². The molecule has 7 nitrogen and oxygen atoms in total. The number of hydrogen-bond acceptors (Lipinski definition) is 5. The number of benzene rings is 1. The lowest BCUT2D eigenvalue weighted by atomic mass is 10.0. The summed E-state index contributed by atoms with van der Waals surface area (Å²) in [6.45, 7) is 5.42. The summed E-state index contributed by atoms with van der Waals surface area (Å²) < 4.78 is 42.2. The normalized spacial score (nSPS) is 12.4. The van der Waals surface area contributed by atoms with Crippen LogP contribution in [0.15, 0.2) is 30.5 Å². The molecule has 0 aliphatic carbocycles. The molecule has 1 atom stereocenters. The number of carbonyl (C=O) groups is 1. The fourth-order valence-corrected chi connectivity index (χ4v) is 3.35. The van der Waals surface area contributed by atoms with E-state index < -0.39 is 6.36 Å². The standard InChI is InChI=1S/C21H20F3N5O2/c1-12(15-4-6-17(7-5-15)31-21(22,23)24)27-19(30)9-8-18-13(2)28-20-16(10-25)11-26-29(20)14(18)3/h4-7,11-12H,8-9H2,1-3H3,(H,27,30). The summed E-state index contributed by atoms with van der Waals surface area (Å²) in [7, 11) is 0. The summed E-state index contributed by atoms with van der Waals surface area (Å²) in [5.41, 5.74) is 3.93. The van der Waals surface area contributed by atoms with Crippen molar-refractivity contribution in [1.82, 2.24) is 19.9 Å². The minimum Gasteiger partial charge on any atom is -0.406 e. The average Bonchev–Trinajstić information content (AvgIpc) is 3.10. The second-order valence-electron chi connectivity index (χ2n) is 7.07. The molecule has 1 unspecified atom stereocenters. The summed E-state index contributed by atoms with van der Waals surface area (Å²) in [6, 6.07) is 7.03. The van der Waals surface area contributed by atoms with Gasteiger partial charge in [-0.25, -0.2) is 9.50 Å². The minimum absolute atomic E-state index is 0.195. The van der Waals surface area contributed by atoms with Crippen LogP contribution in [0.4, 0.5) is 13.2 Å². The summed E-state index contributed by atoms with van der Waals surface area (Å²) in [6.07, 6.45) is -2.67. The molecule has 0 saturated carbocycles. The number of ether oxygens (including phenoxy) is 1. The predicted molar refractivity (Wildman–Crippen MR) is 105 cm³/mol. The molecule has 2 heterocycles. The van der Waals surface area contributed by atoms with E-state index in [2.05, 4.69) is 26.2 Å². The van der Waals surface area contributed by atoms with Crippen LogP contribution in [-0.4, -0.2) is 26.9 Å². The molecule has 3 rings (SSSR count). The van der Waals surface area contributed by atoms with E-state index in [1.54, 1.807) is 11.4 Å². The van der Waals surface area contributed by atoms with Gasteiger partial charge in [-0.15, -0.1) is 13.2 Å². The fourth-order valence-electron chi connectivity index (χ4n) is 3.35. The second-order valence-corrected chi connectivity index (χ2v) is 7.07. The van der Waals surface area contributed by atoms with E-state index in [0.717, 1.165) is 17.0 Å². The number of aromatic nitrogens is 3.